The zero-order valence-corrected chi connectivity index (χ0v) is 49.9. The van der Waals surface area contributed by atoms with Gasteiger partial charge in [0.05, 0.1) is 73.9 Å². The average molecular weight is 1260 g/mol. The van der Waals surface area contributed by atoms with Crippen molar-refractivity contribution in [3.05, 3.63) is 144 Å². The molecule has 14 heterocycles. The van der Waals surface area contributed by atoms with E-state index in [9.17, 15) is 45.1 Å². The number of benzene rings is 2. The van der Waals surface area contributed by atoms with E-state index in [1.54, 1.807) is 109 Å². The molecule has 8 aliphatic rings. The molecule has 0 saturated heterocycles. The summed E-state index contributed by atoms with van der Waals surface area (Å²) in [6, 6.07) is 19.4. The molecule has 16 bridgehead atoms. The second kappa shape index (κ2) is 27.2. The van der Waals surface area contributed by atoms with Crippen molar-refractivity contribution in [3.8, 4) is 22.5 Å². The number of nitrogens with zero attached hydrogens (tertiary/aromatic N) is 10. The summed E-state index contributed by atoms with van der Waals surface area (Å²) in [4.78, 5) is 50.3. The maximum Gasteiger partial charge on any atom is 0.421 e. The Balaban J connectivity index is 0.000000209. The van der Waals surface area contributed by atoms with Gasteiger partial charge < -0.3 is 50.0 Å². The Bertz CT molecular complexity index is 3640. The van der Waals surface area contributed by atoms with E-state index in [0.29, 0.717) is 70.5 Å². The van der Waals surface area contributed by atoms with Gasteiger partial charge in [-0.3, -0.25) is 28.1 Å². The molecule has 24 nitrogen and oxygen atoms in total. The van der Waals surface area contributed by atoms with Crippen molar-refractivity contribution in [1.29, 1.82) is 0 Å². The number of halogens is 6. The molecule has 88 heavy (non-hydrogen) atoms. The molecular weight excluding hydrogens is 1200 g/mol. The average Bonchev–Trinajstić information content (AvgIpc) is 1.71. The first-order valence-corrected chi connectivity index (χ1v) is 30.8. The minimum Gasteiger partial charge on any atom is -0.354 e. The highest BCUT2D eigenvalue weighted by molar-refractivity contribution is 7.53. The molecule has 2 unspecified atom stereocenters. The normalized spacial score (nSPS) is 18.9. The molecule has 0 saturated carbocycles. The number of carbonyl (C=O) groups excluding carboxylic acids is 2. The van der Waals surface area contributed by atoms with Crippen molar-refractivity contribution in [2.45, 2.75) is 65.5 Å². The monoisotopic (exact) mass is 1260 g/mol. The molecule has 0 radical (unpaired) electrons. The summed E-state index contributed by atoms with van der Waals surface area (Å²) in [6.07, 6.45) is -1.67. The van der Waals surface area contributed by atoms with Crippen LogP contribution in [0.1, 0.15) is 70.9 Å². The van der Waals surface area contributed by atoms with Crippen LogP contribution in [-0.4, -0.2) is 102 Å². The fourth-order valence-corrected chi connectivity index (χ4v) is 12.5. The molecule has 2 amide bonds. The Morgan fingerprint density at radius 2 is 0.966 bits per heavy atom. The summed E-state index contributed by atoms with van der Waals surface area (Å²) >= 11 is 0. The summed E-state index contributed by atoms with van der Waals surface area (Å²) in [5.74, 6) is -2.87. The fraction of sp³-hybridized carbons (Fsp3) is 0.321. The Morgan fingerprint density at radius 3 is 1.32 bits per heavy atom. The number of aromatic nitrogens is 10. The van der Waals surface area contributed by atoms with Gasteiger partial charge in [0.25, 0.3) is 11.8 Å². The van der Waals surface area contributed by atoms with Crippen LogP contribution < -0.4 is 31.9 Å². The first-order chi connectivity index (χ1) is 41.9. The number of hydrogen-bond donors (Lipinski definition) is 6. The number of carbonyl (C=O) groups is 2. The molecule has 6 N–H and O–H groups in total. The molecular formula is C56H60F6N16O8P2. The number of alkyl halides is 6. The predicted octanol–water partition coefficient (Wildman–Crippen LogP) is 12.0. The second-order valence-electron chi connectivity index (χ2n) is 20.2. The molecule has 2 aromatic carbocycles. The number of anilines is 8. The van der Waals surface area contributed by atoms with E-state index in [-0.39, 0.29) is 85.2 Å². The largest absolute Gasteiger partial charge is 0.421 e. The summed E-state index contributed by atoms with van der Waals surface area (Å²) in [5, 5.41) is 24.7. The molecule has 8 aliphatic heterocycles. The molecule has 4 atom stereocenters. The maximum absolute atomic E-state index is 14.0. The van der Waals surface area contributed by atoms with Crippen LogP contribution in [0.3, 0.4) is 0 Å². The molecule has 0 aliphatic carbocycles. The van der Waals surface area contributed by atoms with Gasteiger partial charge in [-0.05, 0) is 85.3 Å². The van der Waals surface area contributed by atoms with Gasteiger partial charge in [-0.2, -0.15) is 46.5 Å². The third-order valence-electron chi connectivity index (χ3n) is 13.2. The van der Waals surface area contributed by atoms with Crippen molar-refractivity contribution in [2.75, 3.05) is 61.8 Å². The third-order valence-corrected chi connectivity index (χ3v) is 17.1. The van der Waals surface area contributed by atoms with Gasteiger partial charge >= 0.3 is 27.5 Å². The quantitative estimate of drug-likeness (QED) is 0.0666. The standard InChI is InChI=1S/2C28H30F3N8O4P/c2*1-4-42-44(41)16-18-5-7-20(8-6-18)35-27-33-12-21(28(29,30)31)25(38-27)37-23-10-9-22(36-24(23)26(40)32-3)19-11-34-39(14-19)13-17(2)15-43-44/h2*5-12,14,17H,4,13,15-16H2,1-3H3,(H,32,40)(H2,33,35,37,38)/t2*17-,44?/m10/s1. The fourth-order valence-electron chi connectivity index (χ4n) is 8.93. The minimum absolute atomic E-state index is 0.00614. The van der Waals surface area contributed by atoms with Gasteiger partial charge in [0, 0.05) is 74.5 Å². The lowest BCUT2D eigenvalue weighted by Gasteiger charge is -2.20. The highest BCUT2D eigenvalue weighted by Gasteiger charge is 2.38. The van der Waals surface area contributed by atoms with E-state index >= 15 is 0 Å². The number of amides is 2. The Labute approximate surface area is 500 Å². The molecule has 0 spiro atoms. The number of pyridine rings is 2. The van der Waals surface area contributed by atoms with Gasteiger partial charge in [0.2, 0.25) is 11.9 Å². The van der Waals surface area contributed by atoms with E-state index in [0.717, 1.165) is 0 Å². The molecule has 0 fully saturated rings. The lowest BCUT2D eigenvalue weighted by atomic mass is 10.1. The van der Waals surface area contributed by atoms with Crippen molar-refractivity contribution in [1.82, 2.24) is 60.1 Å². The topological polar surface area (TPSA) is 290 Å². The highest BCUT2D eigenvalue weighted by atomic mass is 31.2. The zero-order chi connectivity index (χ0) is 63.0. The van der Waals surface area contributed by atoms with Gasteiger partial charge in [0.15, 0.2) is 11.4 Å². The van der Waals surface area contributed by atoms with Crippen LogP contribution in [-0.2, 0) is 65.0 Å². The predicted molar refractivity (Wildman–Crippen MR) is 314 cm³/mol. The number of hydrogen-bond acceptors (Lipinski definition) is 20. The number of rotatable bonds is 6. The van der Waals surface area contributed by atoms with Crippen LogP contribution in [0.15, 0.2) is 110 Å². The van der Waals surface area contributed by atoms with E-state index in [1.807, 2.05) is 13.8 Å². The van der Waals surface area contributed by atoms with Crippen molar-refractivity contribution >= 4 is 73.3 Å². The van der Waals surface area contributed by atoms with E-state index < -0.39 is 62.1 Å². The zero-order valence-electron chi connectivity index (χ0n) is 48.1. The summed E-state index contributed by atoms with van der Waals surface area (Å²) in [6.45, 7) is 8.84. The Morgan fingerprint density at radius 1 is 0.580 bits per heavy atom. The molecule has 6 aromatic heterocycles. The van der Waals surface area contributed by atoms with Crippen LogP contribution in [0.4, 0.5) is 72.6 Å². The molecule has 464 valence electrons. The van der Waals surface area contributed by atoms with E-state index in [4.69, 9.17) is 18.1 Å². The Hall–Kier alpha value is -8.66. The third kappa shape index (κ3) is 16.1. The van der Waals surface area contributed by atoms with Crippen molar-refractivity contribution < 1.29 is 63.2 Å². The van der Waals surface area contributed by atoms with E-state index in [2.05, 4.69) is 72.0 Å². The van der Waals surface area contributed by atoms with Crippen molar-refractivity contribution in [2.24, 2.45) is 11.8 Å². The van der Waals surface area contributed by atoms with Crippen LogP contribution in [0, 0.1) is 11.8 Å². The minimum atomic E-state index is -4.80. The molecule has 8 aromatic rings. The SMILES string of the molecule is CCOP1(=O)Cc2ccc(cc2)Nc2ncc(C(F)(F)F)c(n2)Nc2ccc(nc2C(=O)NC)-c2cnn(c2)C[C@@H](C)CO1.CCOP1(=O)Cc2ccc(cc2)Nc2ncc(C(F)(F)F)c(n2)Nc2ccc(nc2C(=O)NC)-c2cnn(c2)C[C@H](C)CO1. The first-order valence-electron chi connectivity index (χ1n) is 27.3. The highest BCUT2D eigenvalue weighted by Crippen LogP contribution is 2.53. The van der Waals surface area contributed by atoms with Gasteiger partial charge in [-0.15, -0.1) is 0 Å². The first kappa shape index (κ1) is 63.8. The number of nitrogens with one attached hydrogen (secondary N) is 6. The van der Waals surface area contributed by atoms with Crippen LogP contribution in [0.25, 0.3) is 22.5 Å². The maximum atomic E-state index is 14.0. The lowest BCUT2D eigenvalue weighted by Crippen LogP contribution is -2.21. The smallest absolute Gasteiger partial charge is 0.354 e. The van der Waals surface area contributed by atoms with E-state index in [1.165, 1.54) is 26.2 Å². The van der Waals surface area contributed by atoms with Crippen LogP contribution in [0.2, 0.25) is 0 Å². The van der Waals surface area contributed by atoms with Crippen LogP contribution in [0.5, 0.6) is 0 Å². The van der Waals surface area contributed by atoms with Crippen LogP contribution >= 0.6 is 15.2 Å². The second-order valence-corrected chi connectivity index (χ2v) is 24.3. The lowest BCUT2D eigenvalue weighted by molar-refractivity contribution is -0.138. The summed E-state index contributed by atoms with van der Waals surface area (Å²) in [7, 11) is -4.22. The molecule has 16 rings (SSSR count). The van der Waals surface area contributed by atoms with Gasteiger partial charge in [0.1, 0.15) is 22.8 Å². The Kier molecular flexibility index (Phi) is 19.7. The molecule has 32 heteroatoms. The van der Waals surface area contributed by atoms with Crippen molar-refractivity contribution in [3.63, 3.8) is 0 Å². The van der Waals surface area contributed by atoms with Gasteiger partial charge in [-0.1, -0.05) is 38.1 Å². The summed E-state index contributed by atoms with van der Waals surface area (Å²) < 4.78 is 137. The summed E-state index contributed by atoms with van der Waals surface area (Å²) in [5.41, 5.74) is 1.62. The van der Waals surface area contributed by atoms with Gasteiger partial charge in [-0.25, -0.2) is 19.9 Å².